The van der Waals surface area contributed by atoms with Crippen LogP contribution in [-0.4, -0.2) is 21.3 Å². The molecule has 0 unspecified atom stereocenters. The number of nitrogens with two attached hydrogens (primary N) is 1. The van der Waals surface area contributed by atoms with E-state index in [1.54, 1.807) is 0 Å². The summed E-state index contributed by atoms with van der Waals surface area (Å²) in [5.74, 6) is 0.994. The summed E-state index contributed by atoms with van der Waals surface area (Å²) in [5, 5.41) is 9.29. The third-order valence-electron chi connectivity index (χ3n) is 3.66. The fraction of sp³-hybridized carbons (Fsp3) is 0.235. The molecule has 0 fully saturated rings. The van der Waals surface area contributed by atoms with Crippen LogP contribution in [0.15, 0.2) is 48.5 Å². The summed E-state index contributed by atoms with van der Waals surface area (Å²) in [6.45, 7) is 0.665. The van der Waals surface area contributed by atoms with Gasteiger partial charge >= 0.3 is 0 Å². The molecule has 0 bridgehead atoms. The van der Waals surface area contributed by atoms with Crippen molar-refractivity contribution in [3.05, 3.63) is 59.9 Å². The Morgan fingerprint density at radius 1 is 1.05 bits per heavy atom. The van der Waals surface area contributed by atoms with Crippen molar-refractivity contribution in [3.8, 4) is 0 Å². The summed E-state index contributed by atoms with van der Waals surface area (Å²) >= 11 is 0. The van der Waals surface area contributed by atoms with Crippen LogP contribution in [0.4, 0.5) is 5.69 Å². The van der Waals surface area contributed by atoms with Gasteiger partial charge in [-0.1, -0.05) is 30.3 Å². The Morgan fingerprint density at radius 2 is 1.86 bits per heavy atom. The fourth-order valence-corrected chi connectivity index (χ4v) is 2.64. The number of aromatic nitrogens is 2. The maximum Gasteiger partial charge on any atom is 0.110 e. The van der Waals surface area contributed by atoms with Gasteiger partial charge in [0.1, 0.15) is 5.82 Å². The zero-order chi connectivity index (χ0) is 14.7. The minimum atomic E-state index is 0.105. The number of aryl methyl sites for hydroxylation is 2. The molecule has 0 atom stereocenters. The van der Waals surface area contributed by atoms with E-state index < -0.39 is 0 Å². The maximum absolute atomic E-state index is 9.29. The summed E-state index contributed by atoms with van der Waals surface area (Å²) in [4.78, 5) is 4.68. The SMILES string of the molecule is Nc1ccc2c(c1)nc(CCc1ccccc1)n2CCO. The Bertz CT molecular complexity index is 734. The number of imidazole rings is 1. The van der Waals surface area contributed by atoms with Gasteiger partial charge in [-0.2, -0.15) is 0 Å². The first-order valence-corrected chi connectivity index (χ1v) is 7.17. The monoisotopic (exact) mass is 281 g/mol. The van der Waals surface area contributed by atoms with E-state index in [0.717, 1.165) is 29.7 Å². The van der Waals surface area contributed by atoms with Crippen LogP contribution >= 0.6 is 0 Å². The minimum Gasteiger partial charge on any atom is -0.399 e. The van der Waals surface area contributed by atoms with E-state index in [-0.39, 0.29) is 6.61 Å². The molecule has 0 aliphatic heterocycles. The van der Waals surface area contributed by atoms with Crippen molar-refractivity contribution >= 4 is 16.7 Å². The maximum atomic E-state index is 9.29. The van der Waals surface area contributed by atoms with Crippen LogP contribution < -0.4 is 5.73 Å². The number of hydrogen-bond donors (Lipinski definition) is 2. The predicted molar refractivity (Wildman–Crippen MR) is 85.1 cm³/mol. The normalized spacial score (nSPS) is 11.1. The Kier molecular flexibility index (Phi) is 3.88. The highest BCUT2D eigenvalue weighted by Gasteiger charge is 2.10. The molecule has 0 spiro atoms. The second-order valence-electron chi connectivity index (χ2n) is 5.14. The average Bonchev–Trinajstić information content (AvgIpc) is 2.84. The average molecular weight is 281 g/mol. The molecule has 108 valence electrons. The lowest BCUT2D eigenvalue weighted by Crippen LogP contribution is -2.08. The first-order valence-electron chi connectivity index (χ1n) is 7.17. The number of rotatable bonds is 5. The van der Waals surface area contributed by atoms with Crippen LogP contribution in [0.25, 0.3) is 11.0 Å². The number of nitrogens with zero attached hydrogens (tertiary/aromatic N) is 2. The first-order chi connectivity index (χ1) is 10.3. The minimum absolute atomic E-state index is 0.105. The summed E-state index contributed by atoms with van der Waals surface area (Å²) in [6, 6.07) is 16.1. The second kappa shape index (κ2) is 5.97. The van der Waals surface area contributed by atoms with Gasteiger partial charge in [-0.15, -0.1) is 0 Å². The van der Waals surface area contributed by atoms with E-state index in [2.05, 4.69) is 21.7 Å². The highest BCUT2D eigenvalue weighted by molar-refractivity contribution is 5.79. The Balaban J connectivity index is 1.91. The van der Waals surface area contributed by atoms with Crippen molar-refractivity contribution < 1.29 is 5.11 Å². The van der Waals surface area contributed by atoms with Crippen molar-refractivity contribution in [1.29, 1.82) is 0 Å². The van der Waals surface area contributed by atoms with E-state index in [1.807, 2.05) is 36.4 Å². The van der Waals surface area contributed by atoms with Gasteiger partial charge in [0.15, 0.2) is 0 Å². The predicted octanol–water partition coefficient (Wildman–Crippen LogP) is 2.40. The number of aliphatic hydroxyl groups is 1. The smallest absolute Gasteiger partial charge is 0.110 e. The van der Waals surface area contributed by atoms with Gasteiger partial charge in [0.25, 0.3) is 0 Å². The highest BCUT2D eigenvalue weighted by atomic mass is 16.3. The van der Waals surface area contributed by atoms with Crippen molar-refractivity contribution in [2.45, 2.75) is 19.4 Å². The lowest BCUT2D eigenvalue weighted by atomic mass is 10.1. The number of anilines is 1. The van der Waals surface area contributed by atoms with Gasteiger partial charge in [-0.05, 0) is 30.2 Å². The fourth-order valence-electron chi connectivity index (χ4n) is 2.64. The van der Waals surface area contributed by atoms with Crippen LogP contribution in [0.2, 0.25) is 0 Å². The Morgan fingerprint density at radius 3 is 2.62 bits per heavy atom. The van der Waals surface area contributed by atoms with Crippen LogP contribution in [-0.2, 0) is 19.4 Å². The topological polar surface area (TPSA) is 64.1 Å². The van der Waals surface area contributed by atoms with Crippen molar-refractivity contribution in [1.82, 2.24) is 9.55 Å². The molecule has 0 radical (unpaired) electrons. The third kappa shape index (κ3) is 2.90. The zero-order valence-electron chi connectivity index (χ0n) is 11.9. The van der Waals surface area contributed by atoms with Gasteiger partial charge < -0.3 is 15.4 Å². The van der Waals surface area contributed by atoms with Crippen LogP contribution in [0.5, 0.6) is 0 Å². The molecule has 21 heavy (non-hydrogen) atoms. The molecule has 0 saturated carbocycles. The van der Waals surface area contributed by atoms with Crippen LogP contribution in [0.3, 0.4) is 0 Å². The molecule has 3 rings (SSSR count). The molecule has 0 aliphatic carbocycles. The van der Waals surface area contributed by atoms with Crippen molar-refractivity contribution in [3.63, 3.8) is 0 Å². The summed E-state index contributed by atoms with van der Waals surface area (Å²) in [7, 11) is 0. The van der Waals surface area contributed by atoms with E-state index in [4.69, 9.17) is 5.73 Å². The number of fused-ring (bicyclic) bond motifs is 1. The summed E-state index contributed by atoms with van der Waals surface area (Å²) in [5.41, 5.74) is 9.75. The molecule has 1 aromatic heterocycles. The lowest BCUT2D eigenvalue weighted by molar-refractivity contribution is 0.276. The van der Waals surface area contributed by atoms with E-state index in [1.165, 1.54) is 5.56 Å². The molecule has 0 saturated heterocycles. The Hall–Kier alpha value is -2.33. The standard InChI is InChI=1S/C17H19N3O/c18-14-7-8-16-15(12-14)19-17(20(16)10-11-21)9-6-13-4-2-1-3-5-13/h1-5,7-8,12,21H,6,9-11,18H2. The zero-order valence-corrected chi connectivity index (χ0v) is 11.9. The van der Waals surface area contributed by atoms with Crippen LogP contribution in [0.1, 0.15) is 11.4 Å². The molecular formula is C17H19N3O. The number of aliphatic hydroxyl groups excluding tert-OH is 1. The molecular weight excluding hydrogens is 262 g/mol. The molecule has 2 aromatic carbocycles. The molecule has 3 aromatic rings. The molecule has 0 amide bonds. The molecule has 0 aliphatic rings. The van der Waals surface area contributed by atoms with E-state index in [0.29, 0.717) is 12.2 Å². The molecule has 4 heteroatoms. The molecule has 3 N–H and O–H groups in total. The summed E-state index contributed by atoms with van der Waals surface area (Å²) in [6.07, 6.45) is 1.78. The van der Waals surface area contributed by atoms with Crippen molar-refractivity contribution in [2.24, 2.45) is 0 Å². The second-order valence-corrected chi connectivity index (χ2v) is 5.14. The quantitative estimate of drug-likeness (QED) is 0.706. The number of hydrogen-bond acceptors (Lipinski definition) is 3. The van der Waals surface area contributed by atoms with Gasteiger partial charge in [0.05, 0.1) is 17.6 Å². The van der Waals surface area contributed by atoms with Crippen molar-refractivity contribution in [2.75, 3.05) is 12.3 Å². The van der Waals surface area contributed by atoms with Crippen LogP contribution in [0, 0.1) is 0 Å². The lowest BCUT2D eigenvalue weighted by Gasteiger charge is -2.07. The molecule has 1 heterocycles. The van der Waals surface area contributed by atoms with E-state index in [9.17, 15) is 5.11 Å². The number of benzene rings is 2. The Labute approximate surface area is 123 Å². The van der Waals surface area contributed by atoms with Gasteiger partial charge in [-0.3, -0.25) is 0 Å². The third-order valence-corrected chi connectivity index (χ3v) is 3.66. The summed E-state index contributed by atoms with van der Waals surface area (Å²) < 4.78 is 2.08. The largest absolute Gasteiger partial charge is 0.399 e. The molecule has 4 nitrogen and oxygen atoms in total. The van der Waals surface area contributed by atoms with Gasteiger partial charge in [-0.25, -0.2) is 4.98 Å². The van der Waals surface area contributed by atoms with E-state index >= 15 is 0 Å². The highest BCUT2D eigenvalue weighted by Crippen LogP contribution is 2.20. The van der Waals surface area contributed by atoms with Gasteiger partial charge in [0.2, 0.25) is 0 Å². The first kappa shape index (κ1) is 13.6. The number of nitrogen functional groups attached to an aromatic ring is 1. The van der Waals surface area contributed by atoms with Gasteiger partial charge in [0, 0.05) is 18.7 Å².